The first kappa shape index (κ1) is 10.6. The molecule has 0 fully saturated rings. The third kappa shape index (κ3) is 2.33. The molecule has 59 valence electrons. The van der Waals surface area contributed by atoms with Gasteiger partial charge in [0.2, 0.25) is 0 Å². The molecular weight excluding hydrogens is 168 g/mol. The zero-order valence-electron chi connectivity index (χ0n) is 6.80. The molecule has 0 saturated heterocycles. The van der Waals surface area contributed by atoms with Gasteiger partial charge in [0.15, 0.2) is 0 Å². The molecule has 1 atom stereocenters. The fourth-order valence-corrected chi connectivity index (χ4v) is 0.754. The molecule has 0 aliphatic carbocycles. The van der Waals surface area contributed by atoms with Crippen LogP contribution in [0, 0.1) is 0 Å². The third-order valence-electron chi connectivity index (χ3n) is 1.50. The van der Waals surface area contributed by atoms with Gasteiger partial charge in [-0.2, -0.15) is 0 Å². The Hall–Kier alpha value is 0.594. The maximum atomic E-state index is 5.09. The van der Waals surface area contributed by atoms with Crippen molar-refractivity contribution in [1.29, 1.82) is 0 Å². The second-order valence-electron chi connectivity index (χ2n) is 1.95. The molecule has 0 rings (SSSR count). The normalized spacial score (nSPS) is 15.1. The van der Waals surface area contributed by atoms with Crippen LogP contribution in [0.2, 0.25) is 0 Å². The van der Waals surface area contributed by atoms with E-state index in [-0.39, 0.29) is 6.10 Å². The van der Waals surface area contributed by atoms with Gasteiger partial charge in [0, 0.05) is 0 Å². The average Bonchev–Trinajstić information content (AvgIpc) is 2.01. The van der Waals surface area contributed by atoms with Gasteiger partial charge in [-0.05, 0) is 0 Å². The first-order chi connectivity index (χ1) is 4.60. The van der Waals surface area contributed by atoms with E-state index in [1.807, 2.05) is 27.4 Å². The number of hydrogen-bond donors (Lipinski definition) is 0. The second-order valence-corrected chi connectivity index (χ2v) is 3.04. The van der Waals surface area contributed by atoms with Crippen molar-refractivity contribution in [3.8, 4) is 0 Å². The quantitative estimate of drug-likeness (QED) is 0.467. The van der Waals surface area contributed by atoms with Crippen LogP contribution in [-0.2, 0) is 34.6 Å². The average molecular weight is 181 g/mol. The molecule has 1 unspecified atom stereocenters. The molecule has 0 amide bonds. The van der Waals surface area contributed by atoms with E-state index in [1.165, 1.54) is 0 Å². The van der Waals surface area contributed by atoms with Crippen molar-refractivity contribution < 1.29 is 34.6 Å². The maximum absolute atomic E-state index is 5.09. The summed E-state index contributed by atoms with van der Waals surface area (Å²) in [5.41, 5.74) is 0. The van der Waals surface area contributed by atoms with Crippen molar-refractivity contribution in [2.24, 2.45) is 0 Å². The van der Waals surface area contributed by atoms with Crippen molar-refractivity contribution in [3.05, 3.63) is 0 Å². The predicted molar refractivity (Wildman–Crippen MR) is 33.2 cm³/mol. The number of methoxy groups -OCH3 is 3. The monoisotopic (exact) mass is 181 g/mol. The van der Waals surface area contributed by atoms with Crippen molar-refractivity contribution in [2.45, 2.75) is 17.1 Å². The Kier molecular flexibility index (Phi) is 4.73. The predicted octanol–water partition coefficient (Wildman–Crippen LogP) is 0.515. The van der Waals surface area contributed by atoms with Crippen LogP contribution in [0.5, 0.6) is 0 Å². The fourth-order valence-electron chi connectivity index (χ4n) is 0.570. The number of rotatable bonds is 4. The van der Waals surface area contributed by atoms with Crippen LogP contribution in [0.3, 0.4) is 0 Å². The molecule has 0 aliphatic heterocycles. The molecule has 3 nitrogen and oxygen atoms in total. The number of ether oxygens (including phenoxy) is 3. The molecule has 0 aromatic rings. The van der Waals surface area contributed by atoms with Gasteiger partial charge in [0.05, 0.1) is 0 Å². The van der Waals surface area contributed by atoms with Crippen LogP contribution in [-0.4, -0.2) is 31.5 Å². The second kappa shape index (κ2) is 4.47. The summed E-state index contributed by atoms with van der Waals surface area (Å²) in [6, 6.07) is 0. The van der Waals surface area contributed by atoms with Crippen LogP contribution in [0.1, 0.15) is 6.92 Å². The van der Waals surface area contributed by atoms with Crippen LogP contribution in [0.15, 0.2) is 0 Å². The molecular formula is C6H13O3Ti. The van der Waals surface area contributed by atoms with E-state index in [9.17, 15) is 0 Å². The van der Waals surface area contributed by atoms with E-state index < -0.39 is 4.09 Å². The number of hydrogen-bond acceptors (Lipinski definition) is 3. The third-order valence-corrected chi connectivity index (χ3v) is 2.77. The van der Waals surface area contributed by atoms with Crippen LogP contribution < -0.4 is 0 Å². The topological polar surface area (TPSA) is 27.7 Å². The van der Waals surface area contributed by atoms with Gasteiger partial charge >= 0.3 is 73.1 Å². The van der Waals surface area contributed by atoms with E-state index in [4.69, 9.17) is 14.2 Å². The van der Waals surface area contributed by atoms with Gasteiger partial charge < -0.3 is 0 Å². The fraction of sp³-hybridized carbons (Fsp3) is 1.00. The summed E-state index contributed by atoms with van der Waals surface area (Å²) in [6.07, 6.45) is -0.0671. The molecule has 10 heavy (non-hydrogen) atoms. The minimum absolute atomic E-state index is 0.0671. The zero-order chi connectivity index (χ0) is 8.20. The van der Waals surface area contributed by atoms with Crippen molar-refractivity contribution in [2.75, 3.05) is 21.3 Å². The summed E-state index contributed by atoms with van der Waals surface area (Å²) in [7, 11) is 4.82. The summed E-state index contributed by atoms with van der Waals surface area (Å²) in [6.45, 7) is 1.90. The van der Waals surface area contributed by atoms with Gasteiger partial charge in [0.25, 0.3) is 0 Å². The standard InChI is InChI=1S/C6H13O3.Ti/c1-5(7-2)6(8-3)9-4;/h5H,1-4H3;. The van der Waals surface area contributed by atoms with Gasteiger partial charge in [-0.1, -0.05) is 0 Å². The Morgan fingerprint density at radius 3 is 1.70 bits per heavy atom. The van der Waals surface area contributed by atoms with Gasteiger partial charge in [-0.25, -0.2) is 0 Å². The van der Waals surface area contributed by atoms with Gasteiger partial charge in [-0.3, -0.25) is 0 Å². The molecule has 0 radical (unpaired) electrons. The Labute approximate surface area is 73.4 Å². The molecule has 0 N–H and O–H groups in total. The Bertz CT molecular complexity index is 93.0. The molecule has 4 heteroatoms. The van der Waals surface area contributed by atoms with Crippen LogP contribution in [0.4, 0.5) is 0 Å². The Morgan fingerprint density at radius 1 is 1.20 bits per heavy atom. The molecule has 0 aromatic heterocycles. The van der Waals surface area contributed by atoms with Gasteiger partial charge in [-0.15, -0.1) is 0 Å². The van der Waals surface area contributed by atoms with E-state index in [0.29, 0.717) is 0 Å². The molecule has 0 aliphatic rings. The van der Waals surface area contributed by atoms with E-state index in [0.717, 1.165) is 0 Å². The summed E-state index contributed by atoms with van der Waals surface area (Å²) < 4.78 is 14.6. The first-order valence-electron chi connectivity index (χ1n) is 2.98. The molecule has 0 aromatic carbocycles. The van der Waals surface area contributed by atoms with Crippen molar-refractivity contribution >= 4 is 0 Å². The minimum atomic E-state index is -0.630. The summed E-state index contributed by atoms with van der Waals surface area (Å²) in [5.74, 6) is 0. The summed E-state index contributed by atoms with van der Waals surface area (Å²) >= 11 is 1.83. The molecule has 0 heterocycles. The Morgan fingerprint density at radius 2 is 1.60 bits per heavy atom. The van der Waals surface area contributed by atoms with Crippen molar-refractivity contribution in [1.82, 2.24) is 0 Å². The summed E-state index contributed by atoms with van der Waals surface area (Å²) in [5, 5.41) is 0. The van der Waals surface area contributed by atoms with Crippen LogP contribution in [0.25, 0.3) is 0 Å². The van der Waals surface area contributed by atoms with E-state index in [1.54, 1.807) is 21.3 Å². The van der Waals surface area contributed by atoms with Gasteiger partial charge in [0.1, 0.15) is 0 Å². The SMILES string of the molecule is COC(C)[C]([Ti])(OC)OC. The first-order valence-corrected chi connectivity index (χ1v) is 3.77. The molecule has 0 spiro atoms. The zero-order valence-corrected chi connectivity index (χ0v) is 8.36. The van der Waals surface area contributed by atoms with E-state index in [2.05, 4.69) is 0 Å². The Balaban J connectivity index is 4.02. The summed E-state index contributed by atoms with van der Waals surface area (Å²) in [4.78, 5) is 0. The molecule has 0 saturated carbocycles. The molecule has 0 bridgehead atoms. The van der Waals surface area contributed by atoms with Crippen molar-refractivity contribution in [3.63, 3.8) is 0 Å². The van der Waals surface area contributed by atoms with Crippen LogP contribution >= 0.6 is 0 Å². The van der Waals surface area contributed by atoms with E-state index >= 15 is 0 Å².